The van der Waals surface area contributed by atoms with Crippen molar-refractivity contribution in [2.45, 2.75) is 6.04 Å². The van der Waals surface area contributed by atoms with Crippen LogP contribution in [0.25, 0.3) is 6.08 Å². The Morgan fingerprint density at radius 1 is 1.35 bits per heavy atom. The lowest BCUT2D eigenvalue weighted by molar-refractivity contribution is -0.116. The van der Waals surface area contributed by atoms with E-state index in [1.54, 1.807) is 30.9 Å². The summed E-state index contributed by atoms with van der Waals surface area (Å²) in [5.41, 5.74) is 0.871. The van der Waals surface area contributed by atoms with Crippen LogP contribution in [0.3, 0.4) is 0 Å². The second-order valence-electron chi connectivity index (χ2n) is 5.31. The minimum Gasteiger partial charge on any atom is -0.472 e. The van der Waals surface area contributed by atoms with Gasteiger partial charge in [0.2, 0.25) is 5.91 Å². The molecule has 0 aromatic carbocycles. The van der Waals surface area contributed by atoms with E-state index in [0.717, 1.165) is 35.9 Å². The van der Waals surface area contributed by atoms with Crippen LogP contribution in [0.2, 0.25) is 0 Å². The van der Waals surface area contributed by atoms with Gasteiger partial charge in [-0.05, 0) is 24.3 Å². The lowest BCUT2D eigenvalue weighted by Crippen LogP contribution is -2.41. The Labute approximate surface area is 139 Å². The van der Waals surface area contributed by atoms with Crippen LogP contribution in [-0.2, 0) is 4.79 Å². The van der Waals surface area contributed by atoms with E-state index < -0.39 is 0 Å². The number of rotatable bonds is 6. The average Bonchev–Trinajstić information content (AvgIpc) is 3.28. The molecule has 0 spiro atoms. The molecule has 122 valence electrons. The quantitative estimate of drug-likeness (QED) is 0.824. The number of furan rings is 2. The molecule has 0 aliphatic carbocycles. The molecule has 1 N–H and O–H groups in total. The van der Waals surface area contributed by atoms with Crippen molar-refractivity contribution in [1.82, 2.24) is 10.2 Å². The molecule has 1 saturated heterocycles. The number of hydrogen-bond acceptors (Lipinski definition) is 5. The Balaban J connectivity index is 1.58. The van der Waals surface area contributed by atoms with E-state index in [1.807, 2.05) is 23.9 Å². The maximum absolute atomic E-state index is 12.0. The first kappa shape index (κ1) is 16.0. The van der Waals surface area contributed by atoms with Gasteiger partial charge in [0, 0.05) is 42.8 Å². The van der Waals surface area contributed by atoms with Crippen molar-refractivity contribution in [3.8, 4) is 0 Å². The Kier molecular flexibility index (Phi) is 5.60. The molecule has 0 unspecified atom stereocenters. The van der Waals surface area contributed by atoms with Crippen molar-refractivity contribution in [2.75, 3.05) is 31.1 Å². The van der Waals surface area contributed by atoms with Crippen LogP contribution in [-0.4, -0.2) is 41.9 Å². The Morgan fingerprint density at radius 3 is 2.91 bits per heavy atom. The lowest BCUT2D eigenvalue weighted by atomic mass is 10.2. The summed E-state index contributed by atoms with van der Waals surface area (Å²) in [6.07, 6.45) is 8.12. The Morgan fingerprint density at radius 2 is 2.22 bits per heavy atom. The Hall–Kier alpha value is -1.92. The zero-order chi connectivity index (χ0) is 15.9. The van der Waals surface area contributed by atoms with Crippen molar-refractivity contribution >= 4 is 23.7 Å². The molecule has 0 saturated carbocycles. The number of amides is 1. The zero-order valence-electron chi connectivity index (χ0n) is 12.8. The van der Waals surface area contributed by atoms with Gasteiger partial charge in [-0.15, -0.1) is 0 Å². The fourth-order valence-electron chi connectivity index (χ4n) is 2.58. The lowest BCUT2D eigenvalue weighted by Gasteiger charge is -2.33. The highest BCUT2D eigenvalue weighted by molar-refractivity contribution is 7.99. The van der Waals surface area contributed by atoms with E-state index >= 15 is 0 Å². The van der Waals surface area contributed by atoms with Gasteiger partial charge in [-0.25, -0.2) is 0 Å². The zero-order valence-corrected chi connectivity index (χ0v) is 13.6. The largest absolute Gasteiger partial charge is 0.472 e. The van der Waals surface area contributed by atoms with E-state index in [1.165, 1.54) is 6.08 Å². The molecule has 2 aromatic rings. The van der Waals surface area contributed by atoms with E-state index in [2.05, 4.69) is 10.2 Å². The van der Waals surface area contributed by atoms with Crippen LogP contribution < -0.4 is 5.32 Å². The maximum atomic E-state index is 12.0. The van der Waals surface area contributed by atoms with Gasteiger partial charge in [0.25, 0.3) is 0 Å². The number of nitrogens with zero attached hydrogens (tertiary/aromatic N) is 1. The van der Waals surface area contributed by atoms with Crippen LogP contribution in [0.15, 0.2) is 51.9 Å². The molecule has 5 nitrogen and oxygen atoms in total. The van der Waals surface area contributed by atoms with Gasteiger partial charge < -0.3 is 14.2 Å². The molecule has 1 amide bonds. The first-order valence-corrected chi connectivity index (χ1v) is 8.82. The average molecular weight is 332 g/mol. The summed E-state index contributed by atoms with van der Waals surface area (Å²) in [5, 5.41) is 2.97. The highest BCUT2D eigenvalue weighted by Gasteiger charge is 2.24. The smallest absolute Gasteiger partial charge is 0.244 e. The topological polar surface area (TPSA) is 58.6 Å². The number of nitrogens with one attached hydrogen (secondary N) is 1. The molecule has 1 aliphatic heterocycles. The third-order valence-electron chi connectivity index (χ3n) is 3.80. The normalized spacial score (nSPS) is 17.4. The van der Waals surface area contributed by atoms with Gasteiger partial charge in [0.1, 0.15) is 5.76 Å². The third kappa shape index (κ3) is 4.53. The first-order valence-electron chi connectivity index (χ1n) is 7.66. The van der Waals surface area contributed by atoms with E-state index in [0.29, 0.717) is 6.54 Å². The predicted molar refractivity (Wildman–Crippen MR) is 91.1 cm³/mol. The summed E-state index contributed by atoms with van der Waals surface area (Å²) < 4.78 is 10.5. The molecule has 1 aliphatic rings. The van der Waals surface area contributed by atoms with E-state index in [-0.39, 0.29) is 11.9 Å². The summed E-state index contributed by atoms with van der Waals surface area (Å²) in [4.78, 5) is 14.4. The van der Waals surface area contributed by atoms with Crippen molar-refractivity contribution in [3.05, 3.63) is 54.4 Å². The van der Waals surface area contributed by atoms with Crippen LogP contribution in [0.1, 0.15) is 17.4 Å². The fourth-order valence-corrected chi connectivity index (χ4v) is 3.51. The van der Waals surface area contributed by atoms with Gasteiger partial charge in [-0.3, -0.25) is 9.69 Å². The second-order valence-corrected chi connectivity index (χ2v) is 6.54. The van der Waals surface area contributed by atoms with Gasteiger partial charge in [-0.1, -0.05) is 0 Å². The minimum atomic E-state index is -0.117. The molecule has 1 atom stereocenters. The number of carbonyl (C=O) groups excluding carboxylic acids is 1. The molecule has 0 bridgehead atoms. The summed E-state index contributed by atoms with van der Waals surface area (Å²) >= 11 is 1.96. The molecule has 23 heavy (non-hydrogen) atoms. The Bertz CT molecular complexity index is 616. The highest BCUT2D eigenvalue weighted by Crippen LogP contribution is 2.24. The molecule has 2 aromatic heterocycles. The molecule has 1 fully saturated rings. The van der Waals surface area contributed by atoms with Gasteiger partial charge in [0.15, 0.2) is 0 Å². The molecule has 0 radical (unpaired) electrons. The van der Waals surface area contributed by atoms with Crippen LogP contribution in [0.4, 0.5) is 0 Å². The minimum absolute atomic E-state index is 0.0807. The number of thioether (sulfide) groups is 1. The monoisotopic (exact) mass is 332 g/mol. The van der Waals surface area contributed by atoms with Crippen LogP contribution >= 0.6 is 11.8 Å². The summed E-state index contributed by atoms with van der Waals surface area (Å²) in [7, 11) is 0. The molecule has 3 heterocycles. The predicted octanol–water partition coefficient (Wildman–Crippen LogP) is 2.79. The van der Waals surface area contributed by atoms with Crippen LogP contribution in [0.5, 0.6) is 0 Å². The fraction of sp³-hybridized carbons (Fsp3) is 0.353. The number of carbonyl (C=O) groups is 1. The van der Waals surface area contributed by atoms with E-state index in [9.17, 15) is 4.79 Å². The number of hydrogen-bond donors (Lipinski definition) is 1. The van der Waals surface area contributed by atoms with Crippen molar-refractivity contribution in [2.24, 2.45) is 0 Å². The summed E-state index contributed by atoms with van der Waals surface area (Å²) in [5.74, 6) is 3.02. The van der Waals surface area contributed by atoms with Crippen molar-refractivity contribution in [3.63, 3.8) is 0 Å². The third-order valence-corrected chi connectivity index (χ3v) is 4.74. The molecular formula is C17H20N2O3S. The van der Waals surface area contributed by atoms with Crippen molar-refractivity contribution < 1.29 is 13.6 Å². The molecule has 3 rings (SSSR count). The summed E-state index contributed by atoms with van der Waals surface area (Å²) in [6.45, 7) is 2.56. The molecular weight excluding hydrogens is 312 g/mol. The second kappa shape index (κ2) is 8.08. The maximum Gasteiger partial charge on any atom is 0.244 e. The standard InChI is InChI=1S/C17H20N2O3S/c20-17(4-3-14-5-9-21-13-14)18-12-15(16-2-1-8-22-16)19-6-10-23-11-7-19/h1-5,8-9,13,15H,6-7,10-12H2,(H,18,20)/b4-3+/t15-/m0/s1. The molecule has 6 heteroatoms. The van der Waals surface area contributed by atoms with Crippen LogP contribution in [0, 0.1) is 0 Å². The SMILES string of the molecule is O=C(/C=C/c1ccoc1)NC[C@@H](c1ccco1)N1CCSCC1. The van der Waals surface area contributed by atoms with Crippen molar-refractivity contribution in [1.29, 1.82) is 0 Å². The summed E-state index contributed by atoms with van der Waals surface area (Å²) in [6, 6.07) is 5.75. The highest BCUT2D eigenvalue weighted by atomic mass is 32.2. The van der Waals surface area contributed by atoms with Gasteiger partial charge in [0.05, 0.1) is 24.8 Å². The first-order chi connectivity index (χ1) is 11.3. The van der Waals surface area contributed by atoms with Gasteiger partial charge in [-0.2, -0.15) is 11.8 Å². The van der Waals surface area contributed by atoms with Gasteiger partial charge >= 0.3 is 0 Å². The van der Waals surface area contributed by atoms with E-state index in [4.69, 9.17) is 8.83 Å².